The SMILES string of the molecule is CC1CC1CNCc1cccc2c1CCNC2. The predicted octanol–water partition coefficient (Wildman–Crippen LogP) is 2.08. The van der Waals surface area contributed by atoms with Crippen LogP contribution in [0.25, 0.3) is 0 Å². The van der Waals surface area contributed by atoms with E-state index in [0.717, 1.165) is 31.5 Å². The molecular formula is C15H22N2. The zero-order chi connectivity index (χ0) is 11.7. The Morgan fingerprint density at radius 2 is 2.29 bits per heavy atom. The van der Waals surface area contributed by atoms with Crippen LogP contribution in [0.3, 0.4) is 0 Å². The van der Waals surface area contributed by atoms with E-state index in [-0.39, 0.29) is 0 Å². The lowest BCUT2D eigenvalue weighted by atomic mass is 9.95. The second-order valence-corrected chi connectivity index (χ2v) is 5.59. The van der Waals surface area contributed by atoms with E-state index in [1.54, 1.807) is 5.56 Å². The van der Waals surface area contributed by atoms with Gasteiger partial charge in [-0.2, -0.15) is 0 Å². The molecule has 3 rings (SSSR count). The third kappa shape index (κ3) is 2.53. The van der Waals surface area contributed by atoms with Crippen LogP contribution < -0.4 is 10.6 Å². The zero-order valence-corrected chi connectivity index (χ0v) is 10.6. The Labute approximate surface area is 104 Å². The highest BCUT2D eigenvalue weighted by Gasteiger charge is 2.31. The average Bonchev–Trinajstić information content (AvgIpc) is 3.06. The number of rotatable bonds is 4. The Bertz CT molecular complexity index is 400. The van der Waals surface area contributed by atoms with Gasteiger partial charge in [-0.3, -0.25) is 0 Å². The lowest BCUT2D eigenvalue weighted by molar-refractivity contribution is 0.597. The maximum atomic E-state index is 3.62. The molecule has 0 saturated heterocycles. The number of hydrogen-bond donors (Lipinski definition) is 2. The molecule has 0 bridgehead atoms. The van der Waals surface area contributed by atoms with Crippen molar-refractivity contribution in [3.05, 3.63) is 34.9 Å². The van der Waals surface area contributed by atoms with Crippen molar-refractivity contribution >= 4 is 0 Å². The van der Waals surface area contributed by atoms with Crippen LogP contribution >= 0.6 is 0 Å². The highest BCUT2D eigenvalue weighted by Crippen LogP contribution is 2.36. The molecule has 92 valence electrons. The molecule has 2 unspecified atom stereocenters. The van der Waals surface area contributed by atoms with Gasteiger partial charge in [-0.05, 0) is 54.5 Å². The van der Waals surface area contributed by atoms with Gasteiger partial charge in [0.2, 0.25) is 0 Å². The molecule has 1 fully saturated rings. The maximum Gasteiger partial charge on any atom is 0.0208 e. The van der Waals surface area contributed by atoms with E-state index in [1.165, 1.54) is 30.5 Å². The number of hydrogen-bond acceptors (Lipinski definition) is 2. The van der Waals surface area contributed by atoms with Crippen molar-refractivity contribution < 1.29 is 0 Å². The van der Waals surface area contributed by atoms with E-state index in [1.807, 2.05) is 0 Å². The molecule has 0 radical (unpaired) electrons. The largest absolute Gasteiger partial charge is 0.312 e. The van der Waals surface area contributed by atoms with Crippen LogP contribution in [0, 0.1) is 11.8 Å². The molecule has 2 aliphatic rings. The Morgan fingerprint density at radius 3 is 3.12 bits per heavy atom. The predicted molar refractivity (Wildman–Crippen MR) is 70.8 cm³/mol. The van der Waals surface area contributed by atoms with Gasteiger partial charge in [-0.1, -0.05) is 25.1 Å². The minimum atomic E-state index is 0.941. The van der Waals surface area contributed by atoms with Gasteiger partial charge in [0.05, 0.1) is 0 Å². The van der Waals surface area contributed by atoms with E-state index in [0.29, 0.717) is 0 Å². The lowest BCUT2D eigenvalue weighted by Gasteiger charge is -2.20. The van der Waals surface area contributed by atoms with Gasteiger partial charge in [0, 0.05) is 13.1 Å². The normalized spacial score (nSPS) is 26.6. The van der Waals surface area contributed by atoms with Crippen molar-refractivity contribution in [2.45, 2.75) is 32.9 Å². The maximum absolute atomic E-state index is 3.62. The minimum absolute atomic E-state index is 0.941. The van der Waals surface area contributed by atoms with E-state index >= 15 is 0 Å². The highest BCUT2D eigenvalue weighted by molar-refractivity contribution is 5.36. The fraction of sp³-hybridized carbons (Fsp3) is 0.600. The van der Waals surface area contributed by atoms with E-state index in [4.69, 9.17) is 0 Å². The van der Waals surface area contributed by atoms with Crippen molar-refractivity contribution in [1.29, 1.82) is 0 Å². The smallest absolute Gasteiger partial charge is 0.0208 e. The zero-order valence-electron chi connectivity index (χ0n) is 10.6. The summed E-state index contributed by atoms with van der Waals surface area (Å²) in [7, 11) is 0. The minimum Gasteiger partial charge on any atom is -0.312 e. The molecule has 1 saturated carbocycles. The summed E-state index contributed by atoms with van der Waals surface area (Å²) >= 11 is 0. The van der Waals surface area contributed by atoms with E-state index in [2.05, 4.69) is 35.8 Å². The molecule has 2 N–H and O–H groups in total. The highest BCUT2D eigenvalue weighted by atomic mass is 14.9. The number of nitrogens with one attached hydrogen (secondary N) is 2. The quantitative estimate of drug-likeness (QED) is 0.827. The molecule has 1 heterocycles. The van der Waals surface area contributed by atoms with Crippen LogP contribution in [0.1, 0.15) is 30.0 Å². The summed E-state index contributed by atoms with van der Waals surface area (Å²) in [5.41, 5.74) is 4.59. The molecular weight excluding hydrogens is 208 g/mol. The third-order valence-corrected chi connectivity index (χ3v) is 4.24. The van der Waals surface area contributed by atoms with Gasteiger partial charge in [-0.25, -0.2) is 0 Å². The Balaban J connectivity index is 1.61. The van der Waals surface area contributed by atoms with Crippen LogP contribution in [0.5, 0.6) is 0 Å². The van der Waals surface area contributed by atoms with E-state index < -0.39 is 0 Å². The van der Waals surface area contributed by atoms with Gasteiger partial charge in [0.1, 0.15) is 0 Å². The molecule has 1 aliphatic carbocycles. The van der Waals surface area contributed by atoms with Gasteiger partial charge >= 0.3 is 0 Å². The summed E-state index contributed by atoms with van der Waals surface area (Å²) in [5, 5.41) is 7.06. The van der Waals surface area contributed by atoms with Crippen molar-refractivity contribution in [2.24, 2.45) is 11.8 Å². The first-order chi connectivity index (χ1) is 8.34. The van der Waals surface area contributed by atoms with Crippen LogP contribution in [-0.4, -0.2) is 13.1 Å². The van der Waals surface area contributed by atoms with Crippen molar-refractivity contribution in [2.75, 3.05) is 13.1 Å². The molecule has 2 nitrogen and oxygen atoms in total. The first kappa shape index (κ1) is 11.2. The first-order valence-electron chi connectivity index (χ1n) is 6.85. The molecule has 1 aromatic rings. The van der Waals surface area contributed by atoms with Crippen molar-refractivity contribution in [3.8, 4) is 0 Å². The standard InChI is InChI=1S/C15H22N2/c1-11-7-14(11)10-17-9-13-4-2-3-12-8-16-6-5-15(12)13/h2-4,11,14,16-17H,5-10H2,1H3. The van der Waals surface area contributed by atoms with Crippen LogP contribution in [0.2, 0.25) is 0 Å². The van der Waals surface area contributed by atoms with Gasteiger partial charge < -0.3 is 10.6 Å². The average molecular weight is 230 g/mol. The fourth-order valence-electron chi connectivity index (χ4n) is 2.85. The van der Waals surface area contributed by atoms with Crippen LogP contribution in [0.4, 0.5) is 0 Å². The summed E-state index contributed by atoms with van der Waals surface area (Å²) in [6, 6.07) is 6.74. The molecule has 17 heavy (non-hydrogen) atoms. The second kappa shape index (κ2) is 4.79. The van der Waals surface area contributed by atoms with Gasteiger partial charge in [0.25, 0.3) is 0 Å². The molecule has 1 aromatic carbocycles. The Morgan fingerprint density at radius 1 is 1.41 bits per heavy atom. The first-order valence-corrected chi connectivity index (χ1v) is 6.85. The van der Waals surface area contributed by atoms with E-state index in [9.17, 15) is 0 Å². The Hall–Kier alpha value is -0.860. The summed E-state index contributed by atoms with van der Waals surface area (Å²) in [6.45, 7) is 6.77. The topological polar surface area (TPSA) is 24.1 Å². The number of fused-ring (bicyclic) bond motifs is 1. The summed E-state index contributed by atoms with van der Waals surface area (Å²) in [5.74, 6) is 1.90. The van der Waals surface area contributed by atoms with Crippen molar-refractivity contribution in [1.82, 2.24) is 10.6 Å². The summed E-state index contributed by atoms with van der Waals surface area (Å²) < 4.78 is 0. The lowest BCUT2D eigenvalue weighted by Crippen LogP contribution is -2.26. The fourth-order valence-corrected chi connectivity index (χ4v) is 2.85. The Kier molecular flexibility index (Phi) is 3.17. The van der Waals surface area contributed by atoms with Crippen LogP contribution in [0.15, 0.2) is 18.2 Å². The van der Waals surface area contributed by atoms with Gasteiger partial charge in [0.15, 0.2) is 0 Å². The monoisotopic (exact) mass is 230 g/mol. The molecule has 2 heteroatoms. The second-order valence-electron chi connectivity index (χ2n) is 5.59. The molecule has 1 aliphatic heterocycles. The number of benzene rings is 1. The van der Waals surface area contributed by atoms with Crippen LogP contribution in [-0.2, 0) is 19.5 Å². The molecule has 2 atom stereocenters. The molecule has 0 amide bonds. The third-order valence-electron chi connectivity index (χ3n) is 4.24. The molecule has 0 spiro atoms. The van der Waals surface area contributed by atoms with Gasteiger partial charge in [-0.15, -0.1) is 0 Å². The molecule has 0 aromatic heterocycles. The summed E-state index contributed by atoms with van der Waals surface area (Å²) in [6.07, 6.45) is 2.61. The summed E-state index contributed by atoms with van der Waals surface area (Å²) in [4.78, 5) is 0. The van der Waals surface area contributed by atoms with Crippen molar-refractivity contribution in [3.63, 3.8) is 0 Å².